The van der Waals surface area contributed by atoms with Gasteiger partial charge >= 0.3 is 5.97 Å². The zero-order valence-corrected chi connectivity index (χ0v) is 17.0. The number of thiol groups is 1. The Bertz CT molecular complexity index is 568. The number of carbonyl (C=O) groups excluding carboxylic acids is 3. The molecule has 0 radical (unpaired) electrons. The Morgan fingerprint density at radius 1 is 1.07 bits per heavy atom. The minimum atomic E-state index is -1.23. The average molecular weight is 419 g/mol. The van der Waals surface area contributed by atoms with Crippen LogP contribution in [0, 0.1) is 5.92 Å². The first-order valence-electron chi connectivity index (χ1n) is 9.28. The number of hydrogen-bond donors (Lipinski definition) is 7. The van der Waals surface area contributed by atoms with Crippen LogP contribution < -0.4 is 21.3 Å². The van der Waals surface area contributed by atoms with Gasteiger partial charge in [0, 0.05) is 5.75 Å². The van der Waals surface area contributed by atoms with Crippen molar-refractivity contribution in [3.05, 3.63) is 0 Å². The van der Waals surface area contributed by atoms with E-state index in [0.717, 1.165) is 6.42 Å². The van der Waals surface area contributed by atoms with Crippen LogP contribution in [-0.2, 0) is 19.2 Å². The lowest BCUT2D eigenvalue weighted by Crippen LogP contribution is -2.58. The fourth-order valence-electron chi connectivity index (χ4n) is 2.81. The van der Waals surface area contributed by atoms with Crippen LogP contribution >= 0.6 is 12.6 Å². The fourth-order valence-corrected chi connectivity index (χ4v) is 3.06. The molecular weight excluding hydrogens is 388 g/mol. The number of carboxylic acids is 1. The molecule has 1 rings (SSSR count). The second-order valence-corrected chi connectivity index (χ2v) is 7.53. The fraction of sp³-hybridized carbons (Fsp3) is 0.765. The summed E-state index contributed by atoms with van der Waals surface area (Å²) in [5, 5.41) is 28.9. The molecule has 0 aromatic rings. The van der Waals surface area contributed by atoms with Crippen molar-refractivity contribution >= 4 is 36.3 Å². The molecule has 0 saturated carbocycles. The molecule has 0 bridgehead atoms. The van der Waals surface area contributed by atoms with Crippen molar-refractivity contribution in [1.29, 1.82) is 0 Å². The van der Waals surface area contributed by atoms with Gasteiger partial charge in [0.15, 0.2) is 0 Å². The van der Waals surface area contributed by atoms with Crippen molar-refractivity contribution < 1.29 is 29.4 Å². The molecule has 4 atom stereocenters. The van der Waals surface area contributed by atoms with Crippen molar-refractivity contribution in [1.82, 2.24) is 21.3 Å². The molecule has 10 nitrogen and oxygen atoms in total. The molecule has 0 aromatic carbocycles. The zero-order valence-electron chi connectivity index (χ0n) is 16.1. The van der Waals surface area contributed by atoms with Crippen LogP contribution in [-0.4, -0.2) is 77.0 Å². The highest BCUT2D eigenvalue weighted by molar-refractivity contribution is 7.80. The van der Waals surface area contributed by atoms with E-state index in [4.69, 9.17) is 5.11 Å². The van der Waals surface area contributed by atoms with Gasteiger partial charge < -0.3 is 31.5 Å². The summed E-state index contributed by atoms with van der Waals surface area (Å²) in [5.74, 6) is -3.08. The van der Waals surface area contributed by atoms with Gasteiger partial charge in [-0.05, 0) is 31.7 Å². The van der Waals surface area contributed by atoms with Gasteiger partial charge in [-0.2, -0.15) is 12.6 Å². The van der Waals surface area contributed by atoms with Gasteiger partial charge in [-0.1, -0.05) is 13.8 Å². The highest BCUT2D eigenvalue weighted by Crippen LogP contribution is 2.07. The predicted molar refractivity (Wildman–Crippen MR) is 105 cm³/mol. The highest BCUT2D eigenvalue weighted by atomic mass is 32.1. The summed E-state index contributed by atoms with van der Waals surface area (Å²) < 4.78 is 0. The van der Waals surface area contributed by atoms with Crippen LogP contribution in [0.1, 0.15) is 33.1 Å². The van der Waals surface area contributed by atoms with Gasteiger partial charge in [-0.15, -0.1) is 0 Å². The Hall–Kier alpha value is -1.85. The molecular formula is C17H30N4O6S. The van der Waals surface area contributed by atoms with E-state index in [1.54, 1.807) is 0 Å². The quantitative estimate of drug-likeness (QED) is 0.196. The van der Waals surface area contributed by atoms with Crippen molar-refractivity contribution in [3.63, 3.8) is 0 Å². The van der Waals surface area contributed by atoms with Gasteiger partial charge in [0.25, 0.3) is 0 Å². The Morgan fingerprint density at radius 3 is 2.14 bits per heavy atom. The molecule has 3 amide bonds. The number of amides is 3. The van der Waals surface area contributed by atoms with Crippen LogP contribution in [0.3, 0.4) is 0 Å². The lowest BCUT2D eigenvalue weighted by Gasteiger charge is -2.25. The summed E-state index contributed by atoms with van der Waals surface area (Å²) in [4.78, 5) is 48.2. The first-order chi connectivity index (χ1) is 13.2. The molecule has 1 saturated heterocycles. The Kier molecular flexibility index (Phi) is 10.3. The number of rotatable bonds is 11. The van der Waals surface area contributed by atoms with Crippen molar-refractivity contribution in [2.45, 2.75) is 57.3 Å². The second kappa shape index (κ2) is 11.9. The summed E-state index contributed by atoms with van der Waals surface area (Å²) >= 11 is 3.90. The maximum atomic E-state index is 12.5. The van der Waals surface area contributed by atoms with E-state index in [-0.39, 0.29) is 18.1 Å². The molecule has 11 heteroatoms. The van der Waals surface area contributed by atoms with E-state index in [0.29, 0.717) is 13.0 Å². The maximum absolute atomic E-state index is 12.5. The number of aliphatic carboxylic acids is 1. The first-order valence-corrected chi connectivity index (χ1v) is 9.91. The van der Waals surface area contributed by atoms with Crippen LogP contribution in [0.4, 0.5) is 0 Å². The minimum Gasteiger partial charge on any atom is -0.480 e. The van der Waals surface area contributed by atoms with Crippen LogP contribution in [0.2, 0.25) is 0 Å². The molecule has 160 valence electrons. The normalized spacial score (nSPS) is 19.5. The third-order valence-electron chi connectivity index (χ3n) is 4.33. The third kappa shape index (κ3) is 7.64. The maximum Gasteiger partial charge on any atom is 0.327 e. The molecule has 1 heterocycles. The smallest absolute Gasteiger partial charge is 0.327 e. The van der Waals surface area contributed by atoms with Crippen LogP contribution in [0.15, 0.2) is 0 Å². The van der Waals surface area contributed by atoms with E-state index in [1.165, 1.54) is 0 Å². The van der Waals surface area contributed by atoms with Crippen molar-refractivity contribution in [2.75, 3.05) is 18.9 Å². The summed E-state index contributed by atoms with van der Waals surface area (Å²) in [6.07, 6.45) is 1.75. The van der Waals surface area contributed by atoms with E-state index >= 15 is 0 Å². The molecule has 0 spiro atoms. The largest absolute Gasteiger partial charge is 0.480 e. The summed E-state index contributed by atoms with van der Waals surface area (Å²) in [5.41, 5.74) is 0. The number of carbonyl (C=O) groups is 4. The summed E-state index contributed by atoms with van der Waals surface area (Å²) in [6.45, 7) is 3.77. The van der Waals surface area contributed by atoms with E-state index in [9.17, 15) is 24.3 Å². The highest BCUT2D eigenvalue weighted by Gasteiger charge is 2.31. The third-order valence-corrected chi connectivity index (χ3v) is 4.69. The van der Waals surface area contributed by atoms with E-state index in [2.05, 4.69) is 33.9 Å². The Morgan fingerprint density at radius 2 is 1.68 bits per heavy atom. The SMILES string of the molecule is CC(C)CC(NC(=O)C(CO)NC(=O)C1CCCN1)C(=O)NC(CS)C(=O)O. The standard InChI is InChI=1S/C17H30N4O6S/c1-9(2)6-11(15(24)21-13(8-28)17(26)27)19-16(25)12(7-22)20-14(23)10-4-3-5-18-10/h9-13,18,22,28H,3-8H2,1-2H3,(H,19,25)(H,20,23)(H,21,24)(H,26,27). The predicted octanol–water partition coefficient (Wildman–Crippen LogP) is -1.75. The van der Waals surface area contributed by atoms with Crippen LogP contribution in [0.25, 0.3) is 0 Å². The number of hydrogen-bond acceptors (Lipinski definition) is 7. The summed E-state index contributed by atoms with van der Waals surface area (Å²) in [7, 11) is 0. The number of aliphatic hydroxyl groups excluding tert-OH is 1. The van der Waals surface area contributed by atoms with Gasteiger partial charge in [0.1, 0.15) is 18.1 Å². The molecule has 1 fully saturated rings. The van der Waals surface area contributed by atoms with Gasteiger partial charge in [-0.25, -0.2) is 4.79 Å². The number of nitrogens with one attached hydrogen (secondary N) is 4. The summed E-state index contributed by atoms with van der Waals surface area (Å²) in [6, 6.07) is -3.82. The second-order valence-electron chi connectivity index (χ2n) is 7.17. The van der Waals surface area contributed by atoms with E-state index < -0.39 is 54.5 Å². The van der Waals surface area contributed by atoms with Gasteiger partial charge in [-0.3, -0.25) is 14.4 Å². The molecule has 0 aromatic heterocycles. The minimum absolute atomic E-state index is 0.0280. The average Bonchev–Trinajstić information content (AvgIpc) is 3.17. The monoisotopic (exact) mass is 418 g/mol. The topological polar surface area (TPSA) is 157 Å². The molecule has 4 unspecified atom stereocenters. The Labute approximate surface area is 169 Å². The molecule has 1 aliphatic heterocycles. The molecule has 6 N–H and O–H groups in total. The molecule has 1 aliphatic rings. The van der Waals surface area contributed by atoms with Crippen molar-refractivity contribution in [3.8, 4) is 0 Å². The van der Waals surface area contributed by atoms with Crippen LogP contribution in [0.5, 0.6) is 0 Å². The lowest BCUT2D eigenvalue weighted by atomic mass is 10.0. The van der Waals surface area contributed by atoms with Gasteiger partial charge in [0.05, 0.1) is 12.6 Å². The molecule has 0 aliphatic carbocycles. The van der Waals surface area contributed by atoms with Crippen molar-refractivity contribution in [2.24, 2.45) is 5.92 Å². The molecule has 28 heavy (non-hydrogen) atoms. The zero-order chi connectivity index (χ0) is 21.3. The number of carboxylic acid groups (broad SMARTS) is 1. The number of aliphatic hydroxyl groups is 1. The van der Waals surface area contributed by atoms with Gasteiger partial charge in [0.2, 0.25) is 17.7 Å². The van der Waals surface area contributed by atoms with E-state index in [1.807, 2.05) is 13.8 Å². The Balaban J connectivity index is 2.76. The first kappa shape index (κ1) is 24.2. The lowest BCUT2D eigenvalue weighted by molar-refractivity contribution is -0.141.